The van der Waals surface area contributed by atoms with Gasteiger partial charge in [0, 0.05) is 7.11 Å². The number of nitrogens with zero attached hydrogens (tertiary/aromatic N) is 1. The molecule has 0 radical (unpaired) electrons. The number of amides is 3. The van der Waals surface area contributed by atoms with Crippen LogP contribution >= 0.6 is 0 Å². The molecule has 0 aliphatic carbocycles. The van der Waals surface area contributed by atoms with Crippen LogP contribution in [0, 0.1) is 12.3 Å². The number of urea groups is 1. The van der Waals surface area contributed by atoms with E-state index in [0.29, 0.717) is 24.2 Å². The number of benzene rings is 2. The highest BCUT2D eigenvalue weighted by Gasteiger charge is 2.63. The topological polar surface area (TPSA) is 88.1 Å². The predicted octanol–water partition coefficient (Wildman–Crippen LogP) is 5.28. The van der Waals surface area contributed by atoms with Gasteiger partial charge in [-0.25, -0.2) is 9.69 Å². The lowest BCUT2D eigenvalue weighted by atomic mass is 9.72. The summed E-state index contributed by atoms with van der Waals surface area (Å²) < 4.78 is 11.2. The first-order valence-electron chi connectivity index (χ1n) is 12.5. The van der Waals surface area contributed by atoms with Crippen molar-refractivity contribution in [1.82, 2.24) is 10.2 Å². The predicted molar refractivity (Wildman–Crippen MR) is 135 cm³/mol. The van der Waals surface area contributed by atoms with Gasteiger partial charge in [-0.2, -0.15) is 0 Å². The van der Waals surface area contributed by atoms with E-state index in [-0.39, 0.29) is 18.6 Å². The molecule has 190 valence electrons. The third-order valence-corrected chi connectivity index (χ3v) is 7.02. The average Bonchev–Trinajstić information content (AvgIpc) is 2.85. The Labute approximate surface area is 208 Å². The second-order valence-corrected chi connectivity index (χ2v) is 9.25. The monoisotopic (exact) mass is 482 g/mol. The van der Waals surface area contributed by atoms with Crippen molar-refractivity contribution in [3.05, 3.63) is 65.2 Å². The van der Waals surface area contributed by atoms with Gasteiger partial charge in [0.25, 0.3) is 0 Å². The fraction of sp³-hybridized carbons (Fsp3) is 0.500. The maximum atomic E-state index is 13.4. The number of methoxy groups -OCH3 is 1. The number of aliphatic hydroxyl groups excluding tert-OH is 1. The molecule has 1 aliphatic heterocycles. The normalized spacial score (nSPS) is 18.5. The molecule has 2 aromatic carbocycles. The summed E-state index contributed by atoms with van der Waals surface area (Å²) in [5.74, 6) is 0.319. The van der Waals surface area contributed by atoms with Crippen LogP contribution < -0.4 is 10.1 Å². The molecule has 35 heavy (non-hydrogen) atoms. The number of rotatable bonds is 11. The Balaban J connectivity index is 1.80. The van der Waals surface area contributed by atoms with Crippen LogP contribution in [0.15, 0.2) is 48.5 Å². The van der Waals surface area contributed by atoms with Crippen LogP contribution in [0.1, 0.15) is 75.3 Å². The van der Waals surface area contributed by atoms with Gasteiger partial charge in [-0.1, -0.05) is 69.2 Å². The smallest absolute Gasteiger partial charge is 0.327 e. The summed E-state index contributed by atoms with van der Waals surface area (Å²) in [7, 11) is 1.53. The number of hydrogen-bond donors (Lipinski definition) is 2. The lowest BCUT2D eigenvalue weighted by Gasteiger charge is -2.53. The van der Waals surface area contributed by atoms with Crippen molar-refractivity contribution in [2.24, 2.45) is 5.41 Å². The fourth-order valence-corrected chi connectivity index (χ4v) is 4.68. The summed E-state index contributed by atoms with van der Waals surface area (Å²) in [6.45, 7) is 8.19. The molecule has 1 fully saturated rings. The molecule has 2 aromatic rings. The van der Waals surface area contributed by atoms with Crippen molar-refractivity contribution >= 4 is 11.9 Å². The Morgan fingerprint density at radius 3 is 2.20 bits per heavy atom. The van der Waals surface area contributed by atoms with Gasteiger partial charge in [0.2, 0.25) is 5.91 Å². The van der Waals surface area contributed by atoms with Crippen molar-refractivity contribution in [3.63, 3.8) is 0 Å². The van der Waals surface area contributed by atoms with Crippen molar-refractivity contribution in [2.45, 2.75) is 71.8 Å². The Morgan fingerprint density at radius 2 is 1.66 bits per heavy atom. The largest absolute Gasteiger partial charge is 0.469 e. The van der Waals surface area contributed by atoms with Crippen LogP contribution in [0.4, 0.5) is 4.79 Å². The van der Waals surface area contributed by atoms with E-state index in [0.717, 1.165) is 24.0 Å². The zero-order valence-electron chi connectivity index (χ0n) is 21.4. The van der Waals surface area contributed by atoms with Crippen LogP contribution in [0.25, 0.3) is 0 Å². The summed E-state index contributed by atoms with van der Waals surface area (Å²) >= 11 is 0. The molecule has 1 aliphatic rings. The standard InChI is InChI=1S/C28H38N2O5/c1-6-9-23(20-12-10-19(4)11-13-20)29-27(33)30-25(32)28(7-2,8-3)26(30)35-22-16-14-21(15-17-22)24(31)18-34-5/h10-17,23-24,26,31H,6-9,18H2,1-5H3,(H,29,33)/t23-,24-,26+/m1/s1. The highest BCUT2D eigenvalue weighted by atomic mass is 16.5. The number of β-lactam (4-membered cyclic amide) rings is 1. The van der Waals surface area contributed by atoms with E-state index >= 15 is 0 Å². The number of carbonyl (C=O) groups excluding carboxylic acids is 2. The van der Waals surface area contributed by atoms with Crippen molar-refractivity contribution < 1.29 is 24.2 Å². The molecule has 1 saturated heterocycles. The fourth-order valence-electron chi connectivity index (χ4n) is 4.68. The first kappa shape index (κ1) is 26.7. The Bertz CT molecular complexity index is 985. The lowest BCUT2D eigenvalue weighted by Crippen LogP contribution is -2.73. The first-order chi connectivity index (χ1) is 16.8. The van der Waals surface area contributed by atoms with Gasteiger partial charge in [0.05, 0.1) is 12.6 Å². The maximum absolute atomic E-state index is 13.4. The van der Waals surface area contributed by atoms with Gasteiger partial charge >= 0.3 is 6.03 Å². The number of ether oxygens (including phenoxy) is 2. The zero-order valence-corrected chi connectivity index (χ0v) is 21.4. The molecule has 7 heteroatoms. The molecule has 1 heterocycles. The number of likely N-dealkylation sites (tertiary alicyclic amines) is 1. The summed E-state index contributed by atoms with van der Waals surface area (Å²) in [5, 5.41) is 13.2. The molecule has 3 rings (SSSR count). The molecule has 0 spiro atoms. The van der Waals surface area contributed by atoms with E-state index in [1.165, 1.54) is 12.0 Å². The third kappa shape index (κ3) is 5.52. The summed E-state index contributed by atoms with van der Waals surface area (Å²) in [6, 6.07) is 14.5. The number of nitrogens with one attached hydrogen (secondary N) is 1. The van der Waals surface area contributed by atoms with E-state index in [1.807, 2.05) is 45.0 Å². The second-order valence-electron chi connectivity index (χ2n) is 9.25. The number of hydrogen-bond acceptors (Lipinski definition) is 5. The minimum absolute atomic E-state index is 0.193. The molecule has 3 amide bonds. The molecule has 0 aromatic heterocycles. The zero-order chi connectivity index (χ0) is 25.6. The van der Waals surface area contributed by atoms with Crippen molar-refractivity contribution in [3.8, 4) is 5.75 Å². The van der Waals surface area contributed by atoms with Gasteiger partial charge in [-0.15, -0.1) is 0 Å². The second kappa shape index (κ2) is 11.7. The van der Waals surface area contributed by atoms with Crippen LogP contribution in [0.5, 0.6) is 5.75 Å². The number of aliphatic hydroxyl groups is 1. The molecule has 3 atom stereocenters. The Kier molecular flexibility index (Phi) is 8.92. The molecule has 0 bridgehead atoms. The quantitative estimate of drug-likeness (QED) is 0.426. The Morgan fingerprint density at radius 1 is 1.06 bits per heavy atom. The molecular formula is C28H38N2O5. The highest BCUT2D eigenvalue weighted by molar-refractivity contribution is 6.03. The summed E-state index contributed by atoms with van der Waals surface area (Å²) in [6.07, 6.45) is 1.35. The van der Waals surface area contributed by atoms with E-state index in [1.54, 1.807) is 24.3 Å². The first-order valence-corrected chi connectivity index (χ1v) is 12.5. The maximum Gasteiger partial charge on any atom is 0.327 e. The average molecular weight is 483 g/mol. The van der Waals surface area contributed by atoms with Crippen LogP contribution in [0.2, 0.25) is 0 Å². The van der Waals surface area contributed by atoms with Gasteiger partial charge in [-0.3, -0.25) is 4.79 Å². The number of imide groups is 1. The Hall–Kier alpha value is -2.90. The van der Waals surface area contributed by atoms with E-state index < -0.39 is 23.8 Å². The van der Waals surface area contributed by atoms with Crippen LogP contribution in [-0.2, 0) is 9.53 Å². The van der Waals surface area contributed by atoms with Crippen molar-refractivity contribution in [2.75, 3.05) is 13.7 Å². The summed E-state index contributed by atoms with van der Waals surface area (Å²) in [5.41, 5.74) is 2.11. The molecular weight excluding hydrogens is 444 g/mol. The molecule has 0 unspecified atom stereocenters. The van der Waals surface area contributed by atoms with Gasteiger partial charge in [-0.05, 0) is 49.4 Å². The minimum Gasteiger partial charge on any atom is -0.469 e. The molecule has 2 N–H and O–H groups in total. The van der Waals surface area contributed by atoms with Crippen LogP contribution in [-0.4, -0.2) is 41.9 Å². The highest BCUT2D eigenvalue weighted by Crippen LogP contribution is 2.46. The summed E-state index contributed by atoms with van der Waals surface area (Å²) in [4.78, 5) is 27.8. The van der Waals surface area contributed by atoms with E-state index in [4.69, 9.17) is 9.47 Å². The van der Waals surface area contributed by atoms with Crippen molar-refractivity contribution in [1.29, 1.82) is 0 Å². The third-order valence-electron chi connectivity index (χ3n) is 7.02. The van der Waals surface area contributed by atoms with Crippen LogP contribution in [0.3, 0.4) is 0 Å². The number of aryl methyl sites for hydroxylation is 1. The minimum atomic E-state index is -0.754. The van der Waals surface area contributed by atoms with Gasteiger partial charge < -0.3 is 19.9 Å². The van der Waals surface area contributed by atoms with E-state index in [2.05, 4.69) is 12.2 Å². The number of carbonyl (C=O) groups is 2. The van der Waals surface area contributed by atoms with Gasteiger partial charge in [0.15, 0.2) is 6.23 Å². The lowest BCUT2D eigenvalue weighted by molar-refractivity contribution is -0.191. The van der Waals surface area contributed by atoms with Gasteiger partial charge in [0.1, 0.15) is 17.3 Å². The molecule has 7 nitrogen and oxygen atoms in total. The van der Waals surface area contributed by atoms with E-state index in [9.17, 15) is 14.7 Å². The SMILES string of the molecule is CCC[C@@H](NC(=O)N1C(=O)C(CC)(CC)[C@@H]1Oc1ccc([C@H](O)COC)cc1)c1ccc(C)cc1. The molecule has 0 saturated carbocycles.